The Morgan fingerprint density at radius 2 is 1.78 bits per heavy atom. The number of likely N-dealkylation sites (N-methyl/N-ethyl adjacent to an activating group) is 1. The van der Waals surface area contributed by atoms with Gasteiger partial charge in [0, 0.05) is 24.7 Å². The van der Waals surface area contributed by atoms with Crippen molar-refractivity contribution in [2.45, 2.75) is 44.9 Å². The van der Waals surface area contributed by atoms with Crippen LogP contribution in [0.15, 0.2) is 24.4 Å². The topological polar surface area (TPSA) is 39.5 Å². The summed E-state index contributed by atoms with van der Waals surface area (Å²) in [6.45, 7) is 10.5. The number of rotatable bonds is 2. The summed E-state index contributed by atoms with van der Waals surface area (Å²) in [4.78, 5) is 2.30. The number of benzene rings is 1. The fraction of sp³-hybridized carbons (Fsp3) is 0.588. The molecule has 0 radical (unpaired) electrons. The van der Waals surface area contributed by atoms with Gasteiger partial charge in [-0.25, -0.2) is 0 Å². The first-order valence-corrected chi connectivity index (χ1v) is 8.28. The molecule has 0 atom stereocenters. The predicted molar refractivity (Wildman–Crippen MR) is 92.0 cm³/mol. The molecular formula is C17H24BN3O2. The van der Waals surface area contributed by atoms with E-state index in [2.05, 4.69) is 68.7 Å². The Labute approximate surface area is 137 Å². The maximum absolute atomic E-state index is 6.14. The molecule has 5 nitrogen and oxygen atoms in total. The minimum Gasteiger partial charge on any atom is -0.399 e. The molecule has 2 aromatic rings. The van der Waals surface area contributed by atoms with Crippen LogP contribution in [-0.4, -0.2) is 53.1 Å². The van der Waals surface area contributed by atoms with Crippen LogP contribution in [0.5, 0.6) is 0 Å². The van der Waals surface area contributed by atoms with E-state index < -0.39 is 0 Å². The van der Waals surface area contributed by atoms with Gasteiger partial charge in [0.1, 0.15) is 0 Å². The van der Waals surface area contributed by atoms with Gasteiger partial charge in [0.25, 0.3) is 0 Å². The highest BCUT2D eigenvalue weighted by Crippen LogP contribution is 2.36. The average molecular weight is 313 g/mol. The van der Waals surface area contributed by atoms with Crippen molar-refractivity contribution in [2.24, 2.45) is 0 Å². The summed E-state index contributed by atoms with van der Waals surface area (Å²) in [5, 5.41) is 5.85. The van der Waals surface area contributed by atoms with Crippen molar-refractivity contribution in [3.8, 4) is 0 Å². The number of nitrogens with zero attached hydrogens (tertiary/aromatic N) is 3. The highest BCUT2D eigenvalue weighted by atomic mass is 16.7. The Morgan fingerprint density at radius 3 is 2.39 bits per heavy atom. The molecule has 0 aliphatic carbocycles. The summed E-state index contributed by atoms with van der Waals surface area (Å²) in [5.74, 6) is 0. The summed E-state index contributed by atoms with van der Waals surface area (Å²) in [5.41, 5.74) is 1.46. The van der Waals surface area contributed by atoms with E-state index in [4.69, 9.17) is 14.4 Å². The molecule has 3 heterocycles. The Hall–Kier alpha value is -1.37. The van der Waals surface area contributed by atoms with E-state index in [0.717, 1.165) is 29.5 Å². The highest BCUT2D eigenvalue weighted by molar-refractivity contribution is 6.62. The summed E-state index contributed by atoms with van der Waals surface area (Å²) in [6, 6.07) is 6.76. The molecule has 0 bridgehead atoms. The van der Waals surface area contributed by atoms with Gasteiger partial charge in [0.15, 0.2) is 0 Å². The lowest BCUT2D eigenvalue weighted by Crippen LogP contribution is -2.45. The molecule has 2 saturated heterocycles. The van der Waals surface area contributed by atoms with Crippen molar-refractivity contribution in [3.63, 3.8) is 0 Å². The van der Waals surface area contributed by atoms with E-state index in [1.54, 1.807) is 0 Å². The Kier molecular flexibility index (Phi) is 3.18. The van der Waals surface area contributed by atoms with Gasteiger partial charge in [0.2, 0.25) is 0 Å². The molecule has 0 saturated carbocycles. The van der Waals surface area contributed by atoms with Gasteiger partial charge >= 0.3 is 7.12 Å². The summed E-state index contributed by atoms with van der Waals surface area (Å²) in [7, 11) is 1.82. The standard InChI is InChI=1S/C17H24BN3O2/c1-16(2)17(3,4)23-18(22-16)13-6-7-15-12(8-13)9-21(19-15)14-10-20(5)11-14/h6-9,14H,10-11H2,1-5H3. The van der Waals surface area contributed by atoms with Gasteiger partial charge < -0.3 is 14.2 Å². The van der Waals surface area contributed by atoms with E-state index >= 15 is 0 Å². The molecule has 23 heavy (non-hydrogen) atoms. The molecule has 0 N–H and O–H groups in total. The van der Waals surface area contributed by atoms with Crippen LogP contribution in [0.2, 0.25) is 0 Å². The van der Waals surface area contributed by atoms with Crippen LogP contribution in [0.25, 0.3) is 10.9 Å². The first kappa shape index (κ1) is 15.2. The number of hydrogen-bond donors (Lipinski definition) is 0. The maximum Gasteiger partial charge on any atom is 0.494 e. The number of likely N-dealkylation sites (tertiary alicyclic amines) is 1. The third-order valence-corrected chi connectivity index (χ3v) is 5.49. The van der Waals surface area contributed by atoms with Crippen molar-refractivity contribution in [3.05, 3.63) is 24.4 Å². The summed E-state index contributed by atoms with van der Waals surface area (Å²) < 4.78 is 14.4. The molecule has 2 aliphatic heterocycles. The van der Waals surface area contributed by atoms with E-state index in [-0.39, 0.29) is 18.3 Å². The molecular weight excluding hydrogens is 289 g/mol. The summed E-state index contributed by atoms with van der Waals surface area (Å²) in [6.07, 6.45) is 2.14. The van der Waals surface area contributed by atoms with Crippen molar-refractivity contribution < 1.29 is 9.31 Å². The van der Waals surface area contributed by atoms with Crippen LogP contribution in [-0.2, 0) is 9.31 Å². The van der Waals surface area contributed by atoms with E-state index in [1.807, 2.05) is 0 Å². The van der Waals surface area contributed by atoms with Crippen LogP contribution in [0.4, 0.5) is 0 Å². The van der Waals surface area contributed by atoms with Gasteiger partial charge in [-0.2, -0.15) is 5.10 Å². The number of hydrogen-bond acceptors (Lipinski definition) is 4. The van der Waals surface area contributed by atoms with Crippen LogP contribution in [0.3, 0.4) is 0 Å². The Balaban J connectivity index is 1.62. The largest absolute Gasteiger partial charge is 0.494 e. The predicted octanol–water partition coefficient (Wildman–Crippen LogP) is 1.82. The van der Waals surface area contributed by atoms with Gasteiger partial charge in [-0.3, -0.25) is 4.68 Å². The van der Waals surface area contributed by atoms with Crippen molar-refractivity contribution in [2.75, 3.05) is 20.1 Å². The molecule has 0 amide bonds. The minimum atomic E-state index is -0.317. The number of fused-ring (bicyclic) bond motifs is 1. The highest BCUT2D eigenvalue weighted by Gasteiger charge is 2.51. The Bertz CT molecular complexity index is 733. The molecule has 0 unspecified atom stereocenters. The quantitative estimate of drug-likeness (QED) is 0.793. The zero-order valence-electron chi connectivity index (χ0n) is 14.5. The molecule has 1 aromatic carbocycles. The zero-order valence-corrected chi connectivity index (χ0v) is 14.5. The molecule has 2 fully saturated rings. The number of aromatic nitrogens is 2. The smallest absolute Gasteiger partial charge is 0.399 e. The molecule has 0 spiro atoms. The molecule has 122 valence electrons. The maximum atomic E-state index is 6.14. The van der Waals surface area contributed by atoms with Crippen LogP contribution < -0.4 is 5.46 Å². The van der Waals surface area contributed by atoms with Crippen molar-refractivity contribution in [1.82, 2.24) is 14.7 Å². The first-order chi connectivity index (χ1) is 10.7. The van der Waals surface area contributed by atoms with E-state index in [9.17, 15) is 0 Å². The van der Waals surface area contributed by atoms with Crippen molar-refractivity contribution >= 4 is 23.5 Å². The molecule has 2 aliphatic rings. The molecule has 1 aromatic heterocycles. The second-order valence-corrected chi connectivity index (χ2v) is 7.89. The van der Waals surface area contributed by atoms with Crippen LogP contribution in [0, 0.1) is 0 Å². The fourth-order valence-electron chi connectivity index (χ4n) is 3.21. The molecule has 4 rings (SSSR count). The van der Waals surface area contributed by atoms with Gasteiger partial charge in [-0.15, -0.1) is 0 Å². The lowest BCUT2D eigenvalue weighted by molar-refractivity contribution is 0.00578. The zero-order chi connectivity index (χ0) is 16.4. The summed E-state index contributed by atoms with van der Waals surface area (Å²) >= 11 is 0. The SMILES string of the molecule is CN1CC(n2cc3cc(B4OC(C)(C)C(C)(C)O4)ccc3n2)C1. The monoisotopic (exact) mass is 313 g/mol. The lowest BCUT2D eigenvalue weighted by Gasteiger charge is -2.36. The van der Waals surface area contributed by atoms with Crippen LogP contribution in [0.1, 0.15) is 33.7 Å². The Morgan fingerprint density at radius 1 is 1.13 bits per heavy atom. The lowest BCUT2D eigenvalue weighted by atomic mass is 9.79. The second kappa shape index (κ2) is 4.82. The van der Waals surface area contributed by atoms with E-state index in [0.29, 0.717) is 6.04 Å². The van der Waals surface area contributed by atoms with E-state index in [1.165, 1.54) is 0 Å². The van der Waals surface area contributed by atoms with Gasteiger partial charge in [-0.1, -0.05) is 12.1 Å². The van der Waals surface area contributed by atoms with Gasteiger partial charge in [0.05, 0.1) is 22.8 Å². The average Bonchev–Trinajstić information content (AvgIpc) is 2.93. The molecule has 6 heteroatoms. The third-order valence-electron chi connectivity index (χ3n) is 5.49. The first-order valence-electron chi connectivity index (χ1n) is 8.28. The van der Waals surface area contributed by atoms with Gasteiger partial charge in [-0.05, 0) is 46.3 Å². The normalized spacial score (nSPS) is 24.3. The third kappa shape index (κ3) is 2.40. The van der Waals surface area contributed by atoms with Crippen LogP contribution >= 0.6 is 0 Å². The fourth-order valence-corrected chi connectivity index (χ4v) is 3.21. The minimum absolute atomic E-state index is 0.312. The van der Waals surface area contributed by atoms with Crippen molar-refractivity contribution in [1.29, 1.82) is 0 Å². The second-order valence-electron chi connectivity index (χ2n) is 7.89.